The molecule has 0 heterocycles. The first-order chi connectivity index (χ1) is 28.2. The first-order valence-corrected chi connectivity index (χ1v) is 20.4. The molecule has 286 valence electrons. The van der Waals surface area contributed by atoms with E-state index >= 15 is 0 Å². The lowest BCUT2D eigenvalue weighted by Crippen LogP contribution is -2.13. The first-order valence-electron chi connectivity index (χ1n) is 20.4. The maximum Gasteiger partial charge on any atom is 0.0522 e. The maximum atomic E-state index is 2.41. The van der Waals surface area contributed by atoms with E-state index in [0.29, 0.717) is 0 Å². The first kappa shape index (κ1) is 39.5. The standard InChI is InChI=1S/C57H53N/c1-7-48-14-8-11-45(6)57(48)58(53-37-25-46(26-38-53)12-9-15-55(49-29-17-41(2)18-30-49)50-31-19-42(3)20-32-50)54-39-27-47(28-40-54)13-10-16-56(51-33-21-43(4)22-34-51)52-35-23-44(5)24-36-52/h8-40H,7H2,1-6H3/b12-9+,13-10+. The molecule has 0 radical (unpaired) electrons. The fourth-order valence-corrected chi connectivity index (χ4v) is 7.36. The van der Waals surface area contributed by atoms with E-state index < -0.39 is 0 Å². The van der Waals surface area contributed by atoms with Gasteiger partial charge in [0.1, 0.15) is 0 Å². The maximum absolute atomic E-state index is 2.41. The molecule has 7 aromatic carbocycles. The Hall–Kier alpha value is -6.70. The highest BCUT2D eigenvalue weighted by Gasteiger charge is 2.18. The van der Waals surface area contributed by atoms with Crippen LogP contribution in [0, 0.1) is 34.6 Å². The lowest BCUT2D eigenvalue weighted by Gasteiger charge is -2.29. The predicted molar refractivity (Wildman–Crippen MR) is 252 cm³/mol. The third kappa shape index (κ3) is 9.63. The van der Waals surface area contributed by atoms with Crippen LogP contribution in [-0.4, -0.2) is 0 Å². The van der Waals surface area contributed by atoms with Crippen LogP contribution in [0.3, 0.4) is 0 Å². The monoisotopic (exact) mass is 751 g/mol. The Morgan fingerprint density at radius 2 is 0.759 bits per heavy atom. The predicted octanol–water partition coefficient (Wildman–Crippen LogP) is 15.6. The van der Waals surface area contributed by atoms with Crippen LogP contribution in [0.1, 0.15) is 73.7 Å². The van der Waals surface area contributed by atoms with Crippen molar-refractivity contribution in [3.63, 3.8) is 0 Å². The largest absolute Gasteiger partial charge is 0.310 e. The topological polar surface area (TPSA) is 3.24 Å². The summed E-state index contributed by atoms with van der Waals surface area (Å²) in [5, 5.41) is 0. The molecule has 1 nitrogen and oxygen atoms in total. The highest BCUT2D eigenvalue weighted by Crippen LogP contribution is 2.39. The summed E-state index contributed by atoms with van der Waals surface area (Å²) in [5.41, 5.74) is 20.7. The number of hydrogen-bond donors (Lipinski definition) is 0. The number of allylic oxidation sites excluding steroid dienone is 4. The average Bonchev–Trinajstić information content (AvgIpc) is 3.24. The Labute approximate surface area is 346 Å². The molecule has 0 saturated heterocycles. The van der Waals surface area contributed by atoms with Gasteiger partial charge in [-0.05, 0) is 121 Å². The fourth-order valence-electron chi connectivity index (χ4n) is 7.36. The van der Waals surface area contributed by atoms with Gasteiger partial charge in [-0.1, -0.05) is 205 Å². The van der Waals surface area contributed by atoms with Crippen LogP contribution in [0.15, 0.2) is 188 Å². The SMILES string of the molecule is CCc1cccc(C)c1N(c1ccc(/C=C/C=C(c2ccc(C)cc2)c2ccc(C)cc2)cc1)c1ccc(/C=C/C=C(c2ccc(C)cc2)c2ccc(C)cc2)cc1. The number of para-hydroxylation sites is 1. The van der Waals surface area contributed by atoms with E-state index in [1.807, 2.05) is 0 Å². The van der Waals surface area contributed by atoms with Gasteiger partial charge in [-0.3, -0.25) is 0 Å². The molecule has 0 fully saturated rings. The van der Waals surface area contributed by atoms with Crippen molar-refractivity contribution < 1.29 is 0 Å². The summed E-state index contributed by atoms with van der Waals surface area (Å²) >= 11 is 0. The van der Waals surface area contributed by atoms with Gasteiger partial charge in [0.25, 0.3) is 0 Å². The Balaban J connectivity index is 1.18. The molecule has 0 saturated carbocycles. The number of aryl methyl sites for hydroxylation is 6. The van der Waals surface area contributed by atoms with Crippen LogP contribution in [0.5, 0.6) is 0 Å². The van der Waals surface area contributed by atoms with E-state index in [0.717, 1.165) is 28.9 Å². The Morgan fingerprint density at radius 1 is 0.414 bits per heavy atom. The van der Waals surface area contributed by atoms with Crippen LogP contribution in [-0.2, 0) is 6.42 Å². The molecule has 0 amide bonds. The molecule has 0 spiro atoms. The second-order valence-corrected chi connectivity index (χ2v) is 15.3. The van der Waals surface area contributed by atoms with Crippen molar-refractivity contribution in [3.8, 4) is 0 Å². The summed E-state index contributed by atoms with van der Waals surface area (Å²) in [6.45, 7) is 13.0. The zero-order valence-corrected chi connectivity index (χ0v) is 34.7. The van der Waals surface area contributed by atoms with Crippen molar-refractivity contribution in [3.05, 3.63) is 255 Å². The third-order valence-corrected chi connectivity index (χ3v) is 10.8. The Morgan fingerprint density at radius 3 is 1.09 bits per heavy atom. The van der Waals surface area contributed by atoms with Gasteiger partial charge in [0.2, 0.25) is 0 Å². The highest BCUT2D eigenvalue weighted by molar-refractivity contribution is 5.84. The van der Waals surface area contributed by atoms with Crippen LogP contribution >= 0.6 is 0 Å². The van der Waals surface area contributed by atoms with E-state index in [1.165, 1.54) is 72.5 Å². The average molecular weight is 752 g/mol. The Kier molecular flexibility index (Phi) is 12.6. The summed E-state index contributed by atoms with van der Waals surface area (Å²) in [6.07, 6.45) is 14.1. The van der Waals surface area contributed by atoms with Gasteiger partial charge in [-0.15, -0.1) is 0 Å². The van der Waals surface area contributed by atoms with Crippen LogP contribution in [0.25, 0.3) is 23.3 Å². The zero-order chi connectivity index (χ0) is 40.4. The summed E-state index contributed by atoms with van der Waals surface area (Å²) in [7, 11) is 0. The van der Waals surface area contributed by atoms with Gasteiger partial charge in [0, 0.05) is 11.4 Å². The van der Waals surface area contributed by atoms with Gasteiger partial charge in [0.05, 0.1) is 5.69 Å². The molecular weight excluding hydrogens is 699 g/mol. The summed E-state index contributed by atoms with van der Waals surface area (Å²) < 4.78 is 0. The number of benzene rings is 7. The minimum Gasteiger partial charge on any atom is -0.310 e. The van der Waals surface area contributed by atoms with Gasteiger partial charge in [-0.25, -0.2) is 0 Å². The van der Waals surface area contributed by atoms with E-state index in [-0.39, 0.29) is 0 Å². The summed E-state index contributed by atoms with van der Waals surface area (Å²) in [4.78, 5) is 2.41. The molecule has 0 aliphatic carbocycles. The molecule has 0 atom stereocenters. The van der Waals surface area contributed by atoms with Crippen molar-refractivity contribution in [1.29, 1.82) is 0 Å². The molecular formula is C57H53N. The minimum absolute atomic E-state index is 0.947. The third-order valence-electron chi connectivity index (χ3n) is 10.8. The van der Waals surface area contributed by atoms with Gasteiger partial charge < -0.3 is 4.90 Å². The molecule has 7 rings (SSSR count). The number of rotatable bonds is 12. The van der Waals surface area contributed by atoms with Crippen molar-refractivity contribution >= 4 is 40.4 Å². The number of nitrogens with zero attached hydrogens (tertiary/aromatic N) is 1. The molecule has 0 N–H and O–H groups in total. The molecule has 58 heavy (non-hydrogen) atoms. The summed E-state index contributed by atoms with van der Waals surface area (Å²) in [6, 6.07) is 59.6. The van der Waals surface area contributed by atoms with Crippen LogP contribution in [0.4, 0.5) is 17.1 Å². The normalized spacial score (nSPS) is 11.2. The van der Waals surface area contributed by atoms with E-state index in [2.05, 4.69) is 247 Å². The quantitative estimate of drug-likeness (QED) is 0.112. The zero-order valence-electron chi connectivity index (χ0n) is 34.7. The number of hydrogen-bond acceptors (Lipinski definition) is 1. The van der Waals surface area contributed by atoms with Crippen molar-refractivity contribution in [2.24, 2.45) is 0 Å². The molecule has 0 aliphatic rings. The van der Waals surface area contributed by atoms with E-state index in [4.69, 9.17) is 0 Å². The van der Waals surface area contributed by atoms with E-state index in [9.17, 15) is 0 Å². The molecule has 0 unspecified atom stereocenters. The molecule has 1 heteroatoms. The van der Waals surface area contributed by atoms with Gasteiger partial charge >= 0.3 is 0 Å². The number of anilines is 3. The van der Waals surface area contributed by atoms with Gasteiger partial charge in [-0.2, -0.15) is 0 Å². The van der Waals surface area contributed by atoms with Crippen LogP contribution < -0.4 is 4.90 Å². The second-order valence-electron chi connectivity index (χ2n) is 15.3. The van der Waals surface area contributed by atoms with Crippen molar-refractivity contribution in [2.75, 3.05) is 4.90 Å². The lowest BCUT2D eigenvalue weighted by atomic mass is 9.96. The van der Waals surface area contributed by atoms with Gasteiger partial charge in [0.15, 0.2) is 0 Å². The van der Waals surface area contributed by atoms with Crippen LogP contribution in [0.2, 0.25) is 0 Å². The smallest absolute Gasteiger partial charge is 0.0522 e. The molecule has 0 bridgehead atoms. The molecule has 0 aromatic heterocycles. The minimum atomic E-state index is 0.947. The van der Waals surface area contributed by atoms with Crippen molar-refractivity contribution in [1.82, 2.24) is 0 Å². The highest BCUT2D eigenvalue weighted by atomic mass is 15.1. The Bertz CT molecular complexity index is 2310. The molecule has 0 aliphatic heterocycles. The van der Waals surface area contributed by atoms with E-state index in [1.54, 1.807) is 0 Å². The fraction of sp³-hybridized carbons (Fsp3) is 0.123. The lowest BCUT2D eigenvalue weighted by molar-refractivity contribution is 1.10. The summed E-state index contributed by atoms with van der Waals surface area (Å²) in [5.74, 6) is 0. The van der Waals surface area contributed by atoms with Crippen molar-refractivity contribution in [2.45, 2.75) is 48.0 Å². The second kappa shape index (κ2) is 18.5. The molecule has 7 aromatic rings.